The third-order valence-electron chi connectivity index (χ3n) is 5.38. The number of aromatic nitrogens is 3. The number of thiazole rings is 1. The average molecular weight is 483 g/mol. The number of aryl methyl sites for hydroxylation is 2. The Morgan fingerprint density at radius 3 is 2.88 bits per heavy atom. The third kappa shape index (κ3) is 5.54. The number of carbonyl (C=O) groups excluding carboxylic acids is 1. The highest BCUT2D eigenvalue weighted by atomic mass is 32.2. The summed E-state index contributed by atoms with van der Waals surface area (Å²) in [7, 11) is 1.78. The summed E-state index contributed by atoms with van der Waals surface area (Å²) in [5, 5.41) is 5.15. The number of nitrogens with zero attached hydrogens (tertiary/aromatic N) is 3. The molecule has 172 valence electrons. The monoisotopic (exact) mass is 482 g/mol. The second kappa shape index (κ2) is 10.4. The number of anilines is 1. The Morgan fingerprint density at radius 2 is 2.09 bits per heavy atom. The smallest absolute Gasteiger partial charge is 0.258 e. The Balaban J connectivity index is 1.29. The molecule has 0 radical (unpaired) electrons. The minimum atomic E-state index is -0.0833. The predicted octanol–water partition coefficient (Wildman–Crippen LogP) is 5.36. The SMILES string of the molecule is CCc1cnc(C(C)Sc2cnc(NC(=O)CCCc3cc4ccccc4c(=O)n3C)s2)o1. The summed E-state index contributed by atoms with van der Waals surface area (Å²) in [6, 6.07) is 9.60. The molecule has 4 rings (SSSR count). The van der Waals surface area contributed by atoms with Crippen LogP contribution < -0.4 is 10.9 Å². The number of oxazole rings is 1. The predicted molar refractivity (Wildman–Crippen MR) is 133 cm³/mol. The van der Waals surface area contributed by atoms with Gasteiger partial charge in [0.2, 0.25) is 11.8 Å². The quantitative estimate of drug-likeness (QED) is 0.323. The molecule has 9 heteroatoms. The van der Waals surface area contributed by atoms with E-state index in [1.54, 1.807) is 35.8 Å². The van der Waals surface area contributed by atoms with Crippen molar-refractivity contribution in [2.24, 2.45) is 7.05 Å². The molecule has 0 aliphatic rings. The Bertz CT molecular complexity index is 1320. The standard InChI is InChI=1S/C24H26N4O3S2/c1-4-18-13-25-22(31-18)15(2)32-21-14-26-24(33-21)27-20(29)11-7-9-17-12-16-8-5-6-10-19(16)23(30)28(17)3/h5-6,8,10,12-15H,4,7,9,11H2,1-3H3,(H,26,27,29). The highest BCUT2D eigenvalue weighted by molar-refractivity contribution is 8.01. The van der Waals surface area contributed by atoms with E-state index in [-0.39, 0.29) is 16.7 Å². The molecule has 0 aliphatic heterocycles. The first-order valence-electron chi connectivity index (χ1n) is 10.9. The maximum absolute atomic E-state index is 12.5. The van der Waals surface area contributed by atoms with E-state index in [1.165, 1.54) is 11.3 Å². The number of fused-ring (bicyclic) bond motifs is 1. The maximum Gasteiger partial charge on any atom is 0.258 e. The third-order valence-corrected chi connectivity index (χ3v) is 7.52. The van der Waals surface area contributed by atoms with Gasteiger partial charge in [0.05, 0.1) is 21.9 Å². The fourth-order valence-electron chi connectivity index (χ4n) is 3.53. The number of carbonyl (C=O) groups is 1. The van der Waals surface area contributed by atoms with E-state index in [0.29, 0.717) is 35.7 Å². The van der Waals surface area contributed by atoms with E-state index in [9.17, 15) is 9.59 Å². The molecule has 4 aromatic rings. The van der Waals surface area contributed by atoms with E-state index in [2.05, 4.69) is 15.3 Å². The first kappa shape index (κ1) is 23.3. The van der Waals surface area contributed by atoms with Gasteiger partial charge in [-0.05, 0) is 37.3 Å². The molecule has 0 bridgehead atoms. The average Bonchev–Trinajstić information content (AvgIpc) is 3.46. The number of hydrogen-bond acceptors (Lipinski definition) is 7. The lowest BCUT2D eigenvalue weighted by molar-refractivity contribution is -0.116. The molecule has 1 atom stereocenters. The highest BCUT2D eigenvalue weighted by Crippen LogP contribution is 2.38. The zero-order chi connectivity index (χ0) is 23.4. The van der Waals surface area contributed by atoms with Gasteiger partial charge >= 0.3 is 0 Å². The number of rotatable bonds is 9. The summed E-state index contributed by atoms with van der Waals surface area (Å²) in [4.78, 5) is 33.6. The van der Waals surface area contributed by atoms with Gasteiger partial charge < -0.3 is 14.3 Å². The molecule has 0 fully saturated rings. The zero-order valence-electron chi connectivity index (χ0n) is 18.8. The molecule has 33 heavy (non-hydrogen) atoms. The molecule has 3 heterocycles. The topological polar surface area (TPSA) is 90.0 Å². The summed E-state index contributed by atoms with van der Waals surface area (Å²) >= 11 is 3.04. The lowest BCUT2D eigenvalue weighted by Crippen LogP contribution is -2.20. The number of pyridine rings is 1. The molecule has 1 amide bonds. The second-order valence-electron chi connectivity index (χ2n) is 7.75. The molecule has 1 aromatic carbocycles. The lowest BCUT2D eigenvalue weighted by atomic mass is 10.1. The summed E-state index contributed by atoms with van der Waals surface area (Å²) in [6.07, 6.45) is 5.99. The van der Waals surface area contributed by atoms with E-state index in [0.717, 1.165) is 27.5 Å². The van der Waals surface area contributed by atoms with Crippen molar-refractivity contribution in [3.05, 3.63) is 70.4 Å². The molecular formula is C24H26N4O3S2. The van der Waals surface area contributed by atoms with Gasteiger partial charge in [-0.3, -0.25) is 9.59 Å². The zero-order valence-corrected chi connectivity index (χ0v) is 20.5. The highest BCUT2D eigenvalue weighted by Gasteiger charge is 2.16. The molecule has 0 aliphatic carbocycles. The molecule has 1 N–H and O–H groups in total. The Hall–Kier alpha value is -2.91. The Labute approximate surface area is 200 Å². The van der Waals surface area contributed by atoms with Gasteiger partial charge in [-0.25, -0.2) is 9.97 Å². The molecule has 0 saturated carbocycles. The van der Waals surface area contributed by atoms with Crippen LogP contribution >= 0.6 is 23.1 Å². The summed E-state index contributed by atoms with van der Waals surface area (Å²) in [5.74, 6) is 1.48. The van der Waals surface area contributed by atoms with Crippen LogP contribution in [0.5, 0.6) is 0 Å². The summed E-state index contributed by atoms with van der Waals surface area (Å²) in [5.41, 5.74) is 0.913. The second-order valence-corrected chi connectivity index (χ2v) is 10.4. The number of amides is 1. The van der Waals surface area contributed by atoms with E-state index in [1.807, 2.05) is 44.2 Å². The Morgan fingerprint density at radius 1 is 1.27 bits per heavy atom. The molecule has 7 nitrogen and oxygen atoms in total. The van der Waals surface area contributed by atoms with Crippen molar-refractivity contribution in [2.45, 2.75) is 49.0 Å². The maximum atomic E-state index is 12.5. The normalized spacial score (nSPS) is 12.2. The fourth-order valence-corrected chi connectivity index (χ4v) is 5.63. The largest absolute Gasteiger partial charge is 0.445 e. The van der Waals surface area contributed by atoms with Crippen LogP contribution in [-0.2, 0) is 24.7 Å². The van der Waals surface area contributed by atoms with Crippen LogP contribution in [0.15, 0.2) is 56.1 Å². The number of benzene rings is 1. The van der Waals surface area contributed by atoms with Gasteiger partial charge in [-0.2, -0.15) is 0 Å². The minimum absolute atomic E-state index is 0.00902. The van der Waals surface area contributed by atoms with Crippen molar-refractivity contribution in [1.29, 1.82) is 0 Å². The summed E-state index contributed by atoms with van der Waals surface area (Å²) < 4.78 is 8.38. The van der Waals surface area contributed by atoms with Gasteiger partial charge in [-0.1, -0.05) is 36.5 Å². The van der Waals surface area contributed by atoms with Crippen LogP contribution in [0.3, 0.4) is 0 Å². The van der Waals surface area contributed by atoms with Gasteiger partial charge in [0, 0.05) is 31.0 Å². The van der Waals surface area contributed by atoms with Crippen molar-refractivity contribution in [1.82, 2.24) is 14.5 Å². The molecule has 0 spiro atoms. The van der Waals surface area contributed by atoms with Crippen molar-refractivity contribution in [3.63, 3.8) is 0 Å². The van der Waals surface area contributed by atoms with Gasteiger partial charge in [0.25, 0.3) is 5.56 Å². The van der Waals surface area contributed by atoms with Crippen LogP contribution in [-0.4, -0.2) is 20.4 Å². The van der Waals surface area contributed by atoms with Crippen molar-refractivity contribution >= 4 is 44.9 Å². The van der Waals surface area contributed by atoms with Crippen molar-refractivity contribution < 1.29 is 9.21 Å². The van der Waals surface area contributed by atoms with Crippen LogP contribution in [0.4, 0.5) is 5.13 Å². The molecule has 0 saturated heterocycles. The van der Waals surface area contributed by atoms with E-state index in [4.69, 9.17) is 4.42 Å². The number of hydrogen-bond donors (Lipinski definition) is 1. The van der Waals surface area contributed by atoms with Crippen LogP contribution in [0.1, 0.15) is 49.3 Å². The van der Waals surface area contributed by atoms with Crippen LogP contribution in [0.25, 0.3) is 10.8 Å². The van der Waals surface area contributed by atoms with Gasteiger partial charge in [0.15, 0.2) is 5.13 Å². The Kier molecular flexibility index (Phi) is 7.29. The molecule has 3 aromatic heterocycles. The molecule has 1 unspecified atom stereocenters. The van der Waals surface area contributed by atoms with Crippen molar-refractivity contribution in [2.75, 3.05) is 5.32 Å². The van der Waals surface area contributed by atoms with Crippen LogP contribution in [0, 0.1) is 0 Å². The first-order chi connectivity index (χ1) is 15.9. The van der Waals surface area contributed by atoms with Crippen LogP contribution in [0.2, 0.25) is 0 Å². The minimum Gasteiger partial charge on any atom is -0.445 e. The number of nitrogens with one attached hydrogen (secondary N) is 1. The first-order valence-corrected chi connectivity index (χ1v) is 12.6. The number of thioether (sulfide) groups is 1. The molecular weight excluding hydrogens is 456 g/mol. The van der Waals surface area contributed by atoms with Gasteiger partial charge in [0.1, 0.15) is 5.76 Å². The van der Waals surface area contributed by atoms with Gasteiger partial charge in [-0.15, -0.1) is 11.8 Å². The van der Waals surface area contributed by atoms with Crippen molar-refractivity contribution in [3.8, 4) is 0 Å². The fraction of sp³-hybridized carbons (Fsp3) is 0.333. The van der Waals surface area contributed by atoms with E-state index < -0.39 is 0 Å². The lowest BCUT2D eigenvalue weighted by Gasteiger charge is -2.10. The summed E-state index contributed by atoms with van der Waals surface area (Å²) in [6.45, 7) is 4.07. The van der Waals surface area contributed by atoms with E-state index >= 15 is 0 Å².